The zero-order chi connectivity index (χ0) is 18.1. The van der Waals surface area contributed by atoms with Crippen molar-refractivity contribution in [3.63, 3.8) is 0 Å². The first-order valence-corrected chi connectivity index (χ1v) is 7.16. The van der Waals surface area contributed by atoms with Crippen LogP contribution in [-0.4, -0.2) is 55.8 Å². The van der Waals surface area contributed by atoms with E-state index in [2.05, 4.69) is 0 Å². The molecule has 134 valence electrons. The summed E-state index contributed by atoms with van der Waals surface area (Å²) < 4.78 is 0.0538. The van der Waals surface area contributed by atoms with Crippen LogP contribution in [0.3, 0.4) is 0 Å². The molecule has 0 aliphatic rings. The lowest BCUT2D eigenvalue weighted by atomic mass is 9.98. The molecule has 0 spiro atoms. The van der Waals surface area contributed by atoms with Gasteiger partial charge in [0.2, 0.25) is 0 Å². The van der Waals surface area contributed by atoms with Gasteiger partial charge in [0.05, 0.1) is 0 Å². The summed E-state index contributed by atoms with van der Waals surface area (Å²) in [5.74, 6) is -1.06. The van der Waals surface area contributed by atoms with Gasteiger partial charge >= 0.3 is 23.0 Å². The highest BCUT2D eigenvalue weighted by Crippen LogP contribution is 2.18. The van der Waals surface area contributed by atoms with Gasteiger partial charge in [0.25, 0.3) is 0 Å². The van der Waals surface area contributed by atoms with E-state index < -0.39 is 23.0 Å². The largest absolute Gasteiger partial charge is 0.396 e. The Bertz CT molecular complexity index is 715. The van der Waals surface area contributed by atoms with E-state index >= 15 is 0 Å². The molecule has 0 atom stereocenters. The van der Waals surface area contributed by atoms with Crippen molar-refractivity contribution in [3.8, 4) is 0 Å². The van der Waals surface area contributed by atoms with E-state index in [1.165, 1.54) is 0 Å². The molecule has 0 unspecified atom stereocenters. The molecule has 1 aromatic rings. The lowest BCUT2D eigenvalue weighted by Crippen LogP contribution is -2.48. The van der Waals surface area contributed by atoms with Gasteiger partial charge in [0.15, 0.2) is 0 Å². The van der Waals surface area contributed by atoms with Crippen LogP contribution in [0.4, 0.5) is 0 Å². The summed E-state index contributed by atoms with van der Waals surface area (Å²) in [6.45, 7) is -0.795. The maximum absolute atomic E-state index is 12.3. The lowest BCUT2D eigenvalue weighted by Gasteiger charge is -2.13. The van der Waals surface area contributed by atoms with Crippen LogP contribution in [0.5, 0.6) is 0 Å². The molecule has 0 radical (unpaired) electrons. The highest BCUT2D eigenvalue weighted by atomic mass is 16.7. The molecule has 11 nitrogen and oxygen atoms in total. The Morgan fingerprint density at radius 1 is 0.917 bits per heavy atom. The molecule has 0 fully saturated rings. The highest BCUT2D eigenvalue weighted by molar-refractivity contribution is 5.89. The number of aliphatic hydroxyl groups is 3. The smallest absolute Gasteiger partial charge is 0.367 e. The molecule has 0 saturated heterocycles. The number of carbonyl (C=O) groups is 1. The monoisotopic (exact) mass is 345 g/mol. The van der Waals surface area contributed by atoms with Crippen LogP contribution in [0.25, 0.3) is 0 Å². The molecule has 1 aromatic heterocycles. The first-order valence-electron chi connectivity index (χ1n) is 7.16. The molecule has 11 heteroatoms. The van der Waals surface area contributed by atoms with Gasteiger partial charge in [0, 0.05) is 25.4 Å². The van der Waals surface area contributed by atoms with Crippen LogP contribution in [-0.2, 0) is 4.79 Å². The Kier molecular flexibility index (Phi) is 7.82. The zero-order valence-corrected chi connectivity index (χ0v) is 12.8. The van der Waals surface area contributed by atoms with Gasteiger partial charge in [-0.25, -0.2) is 19.2 Å². The van der Waals surface area contributed by atoms with Crippen molar-refractivity contribution in [2.75, 3.05) is 19.8 Å². The molecular formula is C13H19N3O8. The molecule has 5 N–H and O–H groups in total. The first-order chi connectivity index (χ1) is 11.4. The normalized spacial score (nSPS) is 10.5. The van der Waals surface area contributed by atoms with Gasteiger partial charge in [0.1, 0.15) is 0 Å². The number of rotatable bonds is 9. The third-order valence-electron chi connectivity index (χ3n) is 3.07. The quantitative estimate of drug-likeness (QED) is 0.294. The average molecular weight is 345 g/mol. The van der Waals surface area contributed by atoms with Gasteiger partial charge in [-0.1, -0.05) is 10.3 Å². The number of nitrogens with one attached hydrogen (secondary N) is 2. The van der Waals surface area contributed by atoms with Crippen molar-refractivity contribution in [1.29, 1.82) is 0 Å². The molecule has 0 aromatic carbocycles. The van der Waals surface area contributed by atoms with Gasteiger partial charge in [-0.3, -0.25) is 9.97 Å². The Morgan fingerprint density at radius 3 is 1.92 bits per heavy atom. The van der Waals surface area contributed by atoms with Crippen molar-refractivity contribution in [2.24, 2.45) is 0 Å². The fourth-order valence-corrected chi connectivity index (χ4v) is 2.02. The molecule has 0 amide bonds. The average Bonchev–Trinajstić information content (AvgIpc) is 2.51. The van der Waals surface area contributed by atoms with Crippen molar-refractivity contribution >= 4 is 5.97 Å². The van der Waals surface area contributed by atoms with Crippen LogP contribution in [0.15, 0.2) is 25.5 Å². The van der Waals surface area contributed by atoms with Crippen molar-refractivity contribution < 1.29 is 25.0 Å². The summed E-state index contributed by atoms with van der Waals surface area (Å²) in [5, 5.41) is 27.0. The van der Waals surface area contributed by atoms with Gasteiger partial charge in [-0.05, 0) is 25.7 Å². The molecule has 0 bridgehead atoms. The van der Waals surface area contributed by atoms with Gasteiger partial charge in [-0.15, -0.1) is 0 Å². The summed E-state index contributed by atoms with van der Waals surface area (Å²) in [7, 11) is 0. The van der Waals surface area contributed by atoms with Crippen molar-refractivity contribution in [2.45, 2.75) is 25.7 Å². The van der Waals surface area contributed by atoms with E-state index in [4.69, 9.17) is 20.2 Å². The Morgan fingerprint density at radius 2 is 1.46 bits per heavy atom. The van der Waals surface area contributed by atoms with Gasteiger partial charge < -0.3 is 20.2 Å². The minimum atomic E-state index is -1.23. The van der Waals surface area contributed by atoms with Crippen LogP contribution < -0.4 is 21.9 Å². The summed E-state index contributed by atoms with van der Waals surface area (Å²) in [6.07, 6.45) is 0.406. The summed E-state index contributed by atoms with van der Waals surface area (Å²) in [6, 6.07) is 0. The number of hydrogen-bond acceptors (Lipinski definition) is 8. The van der Waals surface area contributed by atoms with Crippen LogP contribution >= 0.6 is 0 Å². The molecule has 24 heavy (non-hydrogen) atoms. The summed E-state index contributed by atoms with van der Waals surface area (Å²) in [5.41, 5.74) is -3.10. The fourth-order valence-electron chi connectivity index (χ4n) is 2.02. The number of H-pyrrole nitrogens is 2. The van der Waals surface area contributed by atoms with E-state index in [1.54, 1.807) is 9.97 Å². The Balaban J connectivity index is 3.22. The first kappa shape index (κ1) is 19.5. The van der Waals surface area contributed by atoms with E-state index in [9.17, 15) is 19.2 Å². The third-order valence-corrected chi connectivity index (χ3v) is 3.07. The minimum absolute atomic E-state index is 0.0321. The second-order valence-corrected chi connectivity index (χ2v) is 4.72. The summed E-state index contributed by atoms with van der Waals surface area (Å²) >= 11 is 0. The number of carbonyl (C=O) groups excluding carboxylic acids is 1. The SMILES string of the molecule is O=C(On1c(=O)[nH]c(=O)[nH]c1=O)C(CCCO)=C(CCO)CCO. The lowest BCUT2D eigenvalue weighted by molar-refractivity contribution is -0.141. The van der Waals surface area contributed by atoms with E-state index in [0.717, 1.165) is 0 Å². The standard InChI is InChI=1S/C13H19N3O8/c17-5-1-2-9(8(3-6-18)4-7-19)10(20)24-16-12(22)14-11(21)15-13(16)23/h17-19H,1-7H2,(H2,14,15,21,22,23). The predicted octanol–water partition coefficient (Wildman–Crippen LogP) is -2.99. The molecule has 0 saturated carbocycles. The van der Waals surface area contributed by atoms with E-state index in [1.807, 2.05) is 0 Å². The van der Waals surface area contributed by atoms with Crippen molar-refractivity contribution in [3.05, 3.63) is 42.6 Å². The highest BCUT2D eigenvalue weighted by Gasteiger charge is 2.19. The maximum atomic E-state index is 12.3. The Hall–Kier alpha value is -2.50. The number of hydrogen-bond donors (Lipinski definition) is 5. The van der Waals surface area contributed by atoms with Crippen LogP contribution in [0.2, 0.25) is 0 Å². The summed E-state index contributed by atoms with van der Waals surface area (Å²) in [4.78, 5) is 54.4. The maximum Gasteiger partial charge on any atom is 0.367 e. The van der Waals surface area contributed by atoms with E-state index in [0.29, 0.717) is 5.57 Å². The molecule has 1 rings (SSSR count). The predicted molar refractivity (Wildman–Crippen MR) is 80.3 cm³/mol. The molecule has 0 aliphatic carbocycles. The zero-order valence-electron chi connectivity index (χ0n) is 12.8. The number of aliphatic hydroxyl groups excluding tert-OH is 3. The molecular weight excluding hydrogens is 326 g/mol. The van der Waals surface area contributed by atoms with Crippen molar-refractivity contribution in [1.82, 2.24) is 14.7 Å². The van der Waals surface area contributed by atoms with Crippen LogP contribution in [0, 0.1) is 0 Å². The molecule has 0 aliphatic heterocycles. The fraction of sp³-hybridized carbons (Fsp3) is 0.538. The molecule has 1 heterocycles. The number of aromatic amines is 2. The van der Waals surface area contributed by atoms with Crippen LogP contribution in [0.1, 0.15) is 25.7 Å². The third kappa shape index (κ3) is 5.30. The second-order valence-electron chi connectivity index (χ2n) is 4.72. The Labute approximate surface area is 134 Å². The number of nitrogens with zero attached hydrogens (tertiary/aromatic N) is 1. The minimum Gasteiger partial charge on any atom is -0.396 e. The topological polar surface area (TPSA) is 175 Å². The second kappa shape index (κ2) is 9.60. The van der Waals surface area contributed by atoms with E-state index in [-0.39, 0.29) is 55.8 Å². The number of aromatic nitrogens is 3. The van der Waals surface area contributed by atoms with Gasteiger partial charge in [-0.2, -0.15) is 0 Å².